The van der Waals surface area contributed by atoms with Crippen LogP contribution in [0.15, 0.2) is 61.5 Å². The van der Waals surface area contributed by atoms with Crippen LogP contribution in [0.2, 0.25) is 13.3 Å². The fourth-order valence-corrected chi connectivity index (χ4v) is 28.0. The normalized spacial score (nSPS) is 12.7. The number of sulfonamides is 1. The predicted molar refractivity (Wildman–Crippen MR) is 158 cm³/mol. The molecule has 0 atom stereocenters. The van der Waals surface area contributed by atoms with Crippen molar-refractivity contribution in [3.8, 4) is 0 Å². The van der Waals surface area contributed by atoms with Gasteiger partial charge in [0.25, 0.3) is 0 Å². The molecule has 7 nitrogen and oxygen atoms in total. The second kappa shape index (κ2) is 13.8. The van der Waals surface area contributed by atoms with Crippen LogP contribution in [-0.4, -0.2) is 37.9 Å². The molecule has 3 rings (SSSR count). The molecule has 0 saturated heterocycles. The quantitative estimate of drug-likeness (QED) is 0.122. The van der Waals surface area contributed by atoms with Gasteiger partial charge in [-0.25, -0.2) is 0 Å². The van der Waals surface area contributed by atoms with Crippen LogP contribution in [-0.2, 0) is 10.0 Å². The molecule has 1 aromatic carbocycles. The first-order valence-electron chi connectivity index (χ1n) is 13.9. The van der Waals surface area contributed by atoms with Crippen molar-refractivity contribution in [1.29, 1.82) is 0 Å². The van der Waals surface area contributed by atoms with Crippen molar-refractivity contribution in [3.05, 3.63) is 59.7 Å². The molecule has 0 aliphatic heterocycles. The second-order valence-electron chi connectivity index (χ2n) is 10.2. The standard InChI is InChI=1S/C17H16N3O4S.3C4H9.Sn/c1-11-12(2)19-24-17(11)20-25(21,22)15-8-6-14(7-9-15)18-13(3)16-5-4-10-23-16;3*1-3-4-2;/h4-10H,1-3H3;3*1,3-4H2,2H3;/q-1;;;;+1. The molecule has 2 aromatic heterocycles. The molecule has 0 unspecified atom stereocenters. The Labute approximate surface area is 233 Å². The van der Waals surface area contributed by atoms with E-state index in [4.69, 9.17) is 8.94 Å². The third kappa shape index (κ3) is 6.92. The fourth-order valence-electron chi connectivity index (χ4n) is 4.90. The van der Waals surface area contributed by atoms with Gasteiger partial charge >= 0.3 is 234 Å². The van der Waals surface area contributed by atoms with Crippen LogP contribution >= 0.6 is 0 Å². The summed E-state index contributed by atoms with van der Waals surface area (Å²) in [5.41, 5.74) is 2.96. The van der Waals surface area contributed by atoms with E-state index in [-0.39, 0.29) is 4.90 Å². The van der Waals surface area contributed by atoms with Crippen molar-refractivity contribution in [3.63, 3.8) is 0 Å². The summed E-state index contributed by atoms with van der Waals surface area (Å²) in [5, 5.41) is 4.20. The van der Waals surface area contributed by atoms with Gasteiger partial charge in [0.1, 0.15) is 0 Å². The molecule has 0 aliphatic carbocycles. The van der Waals surface area contributed by atoms with Gasteiger partial charge in [-0.05, 0) is 0 Å². The van der Waals surface area contributed by atoms with Crippen molar-refractivity contribution < 1.29 is 17.4 Å². The van der Waals surface area contributed by atoms with Gasteiger partial charge in [-0.1, -0.05) is 0 Å². The van der Waals surface area contributed by atoms with E-state index in [2.05, 4.69) is 30.9 Å². The van der Waals surface area contributed by atoms with E-state index in [0.29, 0.717) is 17.3 Å². The average molecular weight is 648 g/mol. The Kier molecular flexibility index (Phi) is 11.1. The first-order chi connectivity index (χ1) is 18.2. The topological polar surface area (TPSA) is 88.9 Å². The van der Waals surface area contributed by atoms with E-state index in [1.54, 1.807) is 30.5 Å². The number of aryl methyl sites for hydroxylation is 1. The molecule has 0 aliphatic rings. The third-order valence-corrected chi connectivity index (χ3v) is 27.5. The molecule has 208 valence electrons. The van der Waals surface area contributed by atoms with Crippen LogP contribution < -0.4 is 2.53 Å². The third-order valence-electron chi connectivity index (χ3n) is 7.28. The average Bonchev–Trinajstić information content (AvgIpc) is 3.56. The Bertz CT molecular complexity index is 1260. The zero-order valence-corrected chi connectivity index (χ0v) is 27.5. The SMILES string of the molecule is CCC[CH2][Sn]([CH2]CCC)([CH2]CCC)[N](c1onc(C)c1C)S(=O)(=O)c1ccc(N=C(C)c2ccco2)cc1. The van der Waals surface area contributed by atoms with Crippen LogP contribution in [0.3, 0.4) is 0 Å². The Morgan fingerprint density at radius 3 is 1.97 bits per heavy atom. The van der Waals surface area contributed by atoms with E-state index in [1.165, 1.54) is 0 Å². The number of anilines is 1. The second-order valence-corrected chi connectivity index (χ2v) is 25.4. The molecule has 9 heteroatoms. The Morgan fingerprint density at radius 2 is 1.53 bits per heavy atom. The minimum atomic E-state index is -3.87. The molecule has 0 radical (unpaired) electrons. The van der Waals surface area contributed by atoms with Crippen molar-refractivity contribution in [2.24, 2.45) is 4.99 Å². The van der Waals surface area contributed by atoms with Crippen molar-refractivity contribution in [2.75, 3.05) is 2.53 Å². The van der Waals surface area contributed by atoms with E-state index in [9.17, 15) is 8.42 Å². The van der Waals surface area contributed by atoms with Crippen LogP contribution in [0.1, 0.15) is 83.2 Å². The van der Waals surface area contributed by atoms with Crippen molar-refractivity contribution >= 4 is 46.0 Å². The predicted octanol–water partition coefficient (Wildman–Crippen LogP) is 8.57. The zero-order valence-electron chi connectivity index (χ0n) is 23.8. The number of benzene rings is 1. The van der Waals surface area contributed by atoms with Crippen LogP contribution in [0.4, 0.5) is 11.6 Å². The number of furan rings is 1. The van der Waals surface area contributed by atoms with Crippen LogP contribution in [0.25, 0.3) is 0 Å². The number of hydrogen-bond donors (Lipinski definition) is 0. The van der Waals surface area contributed by atoms with E-state index in [1.807, 2.05) is 35.4 Å². The summed E-state index contributed by atoms with van der Waals surface area (Å²) in [6, 6.07) is 10.5. The molecule has 0 amide bonds. The van der Waals surface area contributed by atoms with Gasteiger partial charge in [-0.15, -0.1) is 0 Å². The first kappa shape index (κ1) is 30.5. The number of rotatable bonds is 15. The number of nitrogens with zero attached hydrogens (tertiary/aromatic N) is 3. The zero-order chi connectivity index (χ0) is 27.8. The molecule has 2 heterocycles. The monoisotopic (exact) mass is 649 g/mol. The van der Waals surface area contributed by atoms with E-state index in [0.717, 1.165) is 68.8 Å². The summed E-state index contributed by atoms with van der Waals surface area (Å²) in [4.78, 5) is 4.88. The van der Waals surface area contributed by atoms with E-state index < -0.39 is 28.7 Å². The summed E-state index contributed by atoms with van der Waals surface area (Å²) in [6.07, 6.45) is 7.83. The summed E-state index contributed by atoms with van der Waals surface area (Å²) in [7, 11) is -3.87. The summed E-state index contributed by atoms with van der Waals surface area (Å²) >= 11 is -3.58. The molecule has 0 spiro atoms. The van der Waals surface area contributed by atoms with Gasteiger partial charge < -0.3 is 0 Å². The molecule has 0 N–H and O–H groups in total. The fraction of sp³-hybridized carbons (Fsp3) is 0.517. The number of hydrogen-bond acceptors (Lipinski definition) is 6. The maximum absolute atomic E-state index is 14.6. The maximum atomic E-state index is 14.6. The first-order valence-corrected chi connectivity index (χ1v) is 22.6. The van der Waals surface area contributed by atoms with Gasteiger partial charge in [-0.3, -0.25) is 0 Å². The van der Waals surface area contributed by atoms with E-state index >= 15 is 0 Å². The molecule has 3 aromatic rings. The van der Waals surface area contributed by atoms with Crippen molar-refractivity contribution in [1.82, 2.24) is 5.16 Å². The Balaban J connectivity index is 2.13. The molecule has 0 saturated carbocycles. The Hall–Kier alpha value is -2.07. The molecule has 0 fully saturated rings. The van der Waals surface area contributed by atoms with Crippen LogP contribution in [0, 0.1) is 13.8 Å². The summed E-state index contributed by atoms with van der Waals surface area (Å²) in [6.45, 7) is 12.2. The number of aliphatic imine (C=N–C) groups is 1. The number of aromatic nitrogens is 1. The van der Waals surface area contributed by atoms with Gasteiger partial charge in [0, 0.05) is 0 Å². The van der Waals surface area contributed by atoms with Gasteiger partial charge in [-0.2, -0.15) is 0 Å². The van der Waals surface area contributed by atoms with Crippen LogP contribution in [0.5, 0.6) is 0 Å². The molecular formula is C29H43N3O4SSn. The molecule has 0 bridgehead atoms. The van der Waals surface area contributed by atoms with Gasteiger partial charge in [0.2, 0.25) is 0 Å². The van der Waals surface area contributed by atoms with Gasteiger partial charge in [0.05, 0.1) is 0 Å². The summed E-state index contributed by atoms with van der Waals surface area (Å²) < 4.78 is 45.2. The van der Waals surface area contributed by atoms with Gasteiger partial charge in [0.15, 0.2) is 0 Å². The molecular weight excluding hydrogens is 605 g/mol. The molecule has 38 heavy (non-hydrogen) atoms. The summed E-state index contributed by atoms with van der Waals surface area (Å²) in [5.74, 6) is 1.11. The Morgan fingerprint density at radius 1 is 0.947 bits per heavy atom. The number of unbranched alkanes of at least 4 members (excludes halogenated alkanes) is 3. The van der Waals surface area contributed by atoms with Crippen molar-refractivity contribution in [2.45, 2.75) is 98.3 Å². The minimum absolute atomic E-state index is 0.270.